The molecule has 0 aliphatic heterocycles. The molecule has 0 saturated heterocycles. The van der Waals surface area contributed by atoms with Gasteiger partial charge < -0.3 is 14.7 Å². The van der Waals surface area contributed by atoms with Gasteiger partial charge in [0.25, 0.3) is 5.91 Å². The van der Waals surface area contributed by atoms with E-state index in [0.29, 0.717) is 22.7 Å². The number of hydrogen-bond acceptors (Lipinski definition) is 4. The number of carbonyl (C=O) groups excluding carboxylic acids is 2. The van der Waals surface area contributed by atoms with Gasteiger partial charge in [0.05, 0.1) is 6.54 Å². The van der Waals surface area contributed by atoms with Crippen LogP contribution in [0.5, 0.6) is 0 Å². The molecule has 2 amide bonds. The molecule has 28 heavy (non-hydrogen) atoms. The molecule has 1 aromatic heterocycles. The van der Waals surface area contributed by atoms with Crippen LogP contribution < -0.4 is 5.32 Å². The molecule has 2 aromatic carbocycles. The van der Waals surface area contributed by atoms with Crippen molar-refractivity contribution in [2.45, 2.75) is 13.8 Å². The molecule has 144 valence electrons. The molecule has 1 heterocycles. The summed E-state index contributed by atoms with van der Waals surface area (Å²) in [6.45, 7) is 3.44. The maximum absolute atomic E-state index is 13.2. The Balaban J connectivity index is 1.74. The third-order valence-corrected chi connectivity index (χ3v) is 4.26. The number of hydrogen-bond donors (Lipinski definition) is 1. The summed E-state index contributed by atoms with van der Waals surface area (Å²) < 4.78 is 18.3. The second kappa shape index (κ2) is 8.04. The molecule has 0 atom stereocenters. The van der Waals surface area contributed by atoms with Gasteiger partial charge in [0.1, 0.15) is 22.8 Å². The largest absolute Gasteiger partial charge is 0.360 e. The van der Waals surface area contributed by atoms with Gasteiger partial charge in [0.2, 0.25) is 5.91 Å². The molecule has 0 spiro atoms. The molecule has 3 rings (SSSR count). The number of likely N-dealkylation sites (N-methyl/N-ethyl adjacent to an activating group) is 1. The molecule has 1 N–H and O–H groups in total. The zero-order valence-corrected chi connectivity index (χ0v) is 15.8. The van der Waals surface area contributed by atoms with E-state index in [0.717, 1.165) is 5.56 Å². The molecule has 7 heteroatoms. The van der Waals surface area contributed by atoms with Crippen molar-refractivity contribution >= 4 is 17.5 Å². The van der Waals surface area contributed by atoms with Gasteiger partial charge in [0, 0.05) is 18.3 Å². The lowest BCUT2D eigenvalue weighted by atomic mass is 10.1. The molecule has 0 fully saturated rings. The van der Waals surface area contributed by atoms with Crippen molar-refractivity contribution in [3.05, 3.63) is 71.2 Å². The Morgan fingerprint density at radius 2 is 1.71 bits per heavy atom. The Morgan fingerprint density at radius 3 is 2.36 bits per heavy atom. The molecule has 6 nitrogen and oxygen atoms in total. The van der Waals surface area contributed by atoms with Gasteiger partial charge in [-0.15, -0.1) is 0 Å². The fraction of sp³-hybridized carbons (Fsp3) is 0.190. The van der Waals surface area contributed by atoms with Crippen LogP contribution in [0.3, 0.4) is 0 Å². The fourth-order valence-electron chi connectivity index (χ4n) is 2.74. The van der Waals surface area contributed by atoms with Crippen LogP contribution >= 0.6 is 0 Å². The highest BCUT2D eigenvalue weighted by atomic mass is 19.1. The van der Waals surface area contributed by atoms with Crippen molar-refractivity contribution < 1.29 is 18.5 Å². The van der Waals surface area contributed by atoms with E-state index in [1.54, 1.807) is 19.1 Å². The van der Waals surface area contributed by atoms with E-state index >= 15 is 0 Å². The van der Waals surface area contributed by atoms with Crippen molar-refractivity contribution in [3.63, 3.8) is 0 Å². The van der Waals surface area contributed by atoms with Crippen molar-refractivity contribution in [2.24, 2.45) is 0 Å². The number of aryl methyl sites for hydroxylation is 2. The van der Waals surface area contributed by atoms with E-state index in [9.17, 15) is 14.0 Å². The minimum absolute atomic E-state index is 0.139. The lowest BCUT2D eigenvalue weighted by Gasteiger charge is -2.17. The summed E-state index contributed by atoms with van der Waals surface area (Å²) in [5.41, 5.74) is 2.86. The number of benzene rings is 2. The van der Waals surface area contributed by atoms with Crippen LogP contribution in [-0.2, 0) is 4.79 Å². The Labute approximate surface area is 161 Å². The van der Waals surface area contributed by atoms with E-state index < -0.39 is 5.91 Å². The molecular formula is C21H20FN3O3. The van der Waals surface area contributed by atoms with Gasteiger partial charge in [-0.05, 0) is 50.2 Å². The number of anilines is 1. The smallest absolute Gasteiger partial charge is 0.259 e. The summed E-state index contributed by atoms with van der Waals surface area (Å²) in [5.74, 6) is -0.786. The van der Waals surface area contributed by atoms with Crippen molar-refractivity contribution in [1.82, 2.24) is 10.1 Å². The van der Waals surface area contributed by atoms with E-state index in [2.05, 4.69) is 10.5 Å². The van der Waals surface area contributed by atoms with Crippen LogP contribution in [-0.4, -0.2) is 35.5 Å². The normalized spacial score (nSPS) is 10.6. The highest BCUT2D eigenvalue weighted by Crippen LogP contribution is 2.26. The van der Waals surface area contributed by atoms with Crippen LogP contribution in [0.2, 0.25) is 0 Å². The standard InChI is InChI=1S/C21H20FN3O3/c1-13-4-10-17(11-5-13)23-18(26)12-25(3)21(27)19-14(2)28-24-20(19)15-6-8-16(22)9-7-15/h4-11H,12H2,1-3H3,(H,23,26). The van der Waals surface area contributed by atoms with E-state index in [1.807, 2.05) is 19.1 Å². The van der Waals surface area contributed by atoms with Gasteiger partial charge in [-0.3, -0.25) is 9.59 Å². The molecule has 3 aromatic rings. The van der Waals surface area contributed by atoms with Gasteiger partial charge in [-0.25, -0.2) is 4.39 Å². The van der Waals surface area contributed by atoms with Crippen LogP contribution in [0.1, 0.15) is 21.7 Å². The summed E-state index contributed by atoms with van der Waals surface area (Å²) in [6, 6.07) is 13.0. The summed E-state index contributed by atoms with van der Waals surface area (Å²) in [7, 11) is 1.53. The van der Waals surface area contributed by atoms with E-state index in [1.165, 1.54) is 36.2 Å². The lowest BCUT2D eigenvalue weighted by Crippen LogP contribution is -2.35. The van der Waals surface area contributed by atoms with Crippen LogP contribution in [0.4, 0.5) is 10.1 Å². The average Bonchev–Trinajstić information content (AvgIpc) is 3.05. The van der Waals surface area contributed by atoms with E-state index in [-0.39, 0.29) is 23.8 Å². The zero-order valence-electron chi connectivity index (χ0n) is 15.8. The maximum Gasteiger partial charge on any atom is 0.259 e. The quantitative estimate of drug-likeness (QED) is 0.729. The summed E-state index contributed by atoms with van der Waals surface area (Å²) in [4.78, 5) is 26.5. The first kappa shape index (κ1) is 19.3. The Kier molecular flexibility index (Phi) is 5.54. The topological polar surface area (TPSA) is 75.4 Å². The minimum atomic E-state index is -0.405. The predicted molar refractivity (Wildman–Crippen MR) is 103 cm³/mol. The SMILES string of the molecule is Cc1ccc(NC(=O)CN(C)C(=O)c2c(-c3ccc(F)cc3)noc2C)cc1. The average molecular weight is 381 g/mol. The van der Waals surface area contributed by atoms with Gasteiger partial charge >= 0.3 is 0 Å². The molecule has 0 bridgehead atoms. The second-order valence-corrected chi connectivity index (χ2v) is 6.54. The van der Waals surface area contributed by atoms with Crippen molar-refractivity contribution in [3.8, 4) is 11.3 Å². The van der Waals surface area contributed by atoms with Crippen molar-refractivity contribution in [2.75, 3.05) is 18.9 Å². The Hall–Kier alpha value is -3.48. The first-order valence-corrected chi connectivity index (χ1v) is 8.69. The third kappa shape index (κ3) is 4.25. The van der Waals surface area contributed by atoms with Crippen LogP contribution in [0.25, 0.3) is 11.3 Å². The maximum atomic E-state index is 13.2. The first-order valence-electron chi connectivity index (χ1n) is 8.69. The minimum Gasteiger partial charge on any atom is -0.360 e. The van der Waals surface area contributed by atoms with E-state index in [4.69, 9.17) is 4.52 Å². The number of carbonyl (C=O) groups is 2. The first-order chi connectivity index (χ1) is 13.3. The zero-order chi connectivity index (χ0) is 20.3. The highest BCUT2D eigenvalue weighted by Gasteiger charge is 2.25. The van der Waals surface area contributed by atoms with Crippen LogP contribution in [0.15, 0.2) is 53.1 Å². The lowest BCUT2D eigenvalue weighted by molar-refractivity contribution is -0.116. The molecule has 0 aliphatic carbocycles. The molecule has 0 saturated carbocycles. The number of aromatic nitrogens is 1. The summed E-state index contributed by atoms with van der Waals surface area (Å²) in [5, 5.41) is 6.68. The third-order valence-electron chi connectivity index (χ3n) is 4.26. The molecule has 0 unspecified atom stereocenters. The monoisotopic (exact) mass is 381 g/mol. The number of rotatable bonds is 5. The van der Waals surface area contributed by atoms with Crippen molar-refractivity contribution in [1.29, 1.82) is 0 Å². The fourth-order valence-corrected chi connectivity index (χ4v) is 2.74. The number of nitrogens with zero attached hydrogens (tertiary/aromatic N) is 2. The highest BCUT2D eigenvalue weighted by molar-refractivity contribution is 6.03. The van der Waals surface area contributed by atoms with Gasteiger partial charge in [-0.1, -0.05) is 22.9 Å². The van der Waals surface area contributed by atoms with Crippen LogP contribution in [0, 0.1) is 19.7 Å². The molecular weight excluding hydrogens is 361 g/mol. The molecule has 0 aliphatic rings. The number of halogens is 1. The Morgan fingerprint density at radius 1 is 1.07 bits per heavy atom. The second-order valence-electron chi connectivity index (χ2n) is 6.54. The summed E-state index contributed by atoms with van der Waals surface area (Å²) >= 11 is 0. The molecule has 0 radical (unpaired) electrons. The predicted octanol–water partition coefficient (Wildman–Crippen LogP) is 3.81. The van der Waals surface area contributed by atoms with Gasteiger partial charge in [0.15, 0.2) is 0 Å². The number of nitrogens with one attached hydrogen (secondary N) is 1. The number of amides is 2. The van der Waals surface area contributed by atoms with Gasteiger partial charge in [-0.2, -0.15) is 0 Å². The Bertz CT molecular complexity index is 995. The summed E-state index contributed by atoms with van der Waals surface area (Å²) in [6.07, 6.45) is 0.